The molecule has 5 nitrogen and oxygen atoms in total. The summed E-state index contributed by atoms with van der Waals surface area (Å²) in [5, 5.41) is 4.39. The molecule has 0 N–H and O–H groups in total. The maximum absolute atomic E-state index is 13.0. The summed E-state index contributed by atoms with van der Waals surface area (Å²) < 4.78 is 20.8. The van der Waals surface area contributed by atoms with Crippen LogP contribution in [-0.4, -0.2) is 66.0 Å². The first-order valence-electron chi connectivity index (χ1n) is 8.88. The number of nitrogens with zero attached hydrogens (tertiary/aromatic N) is 4. The Labute approximate surface area is 149 Å². The molecule has 3 rings (SSSR count). The van der Waals surface area contributed by atoms with E-state index in [1.807, 2.05) is 12.4 Å². The van der Waals surface area contributed by atoms with Gasteiger partial charge in [0.05, 0.1) is 24.6 Å². The van der Waals surface area contributed by atoms with Crippen molar-refractivity contribution in [3.63, 3.8) is 0 Å². The fourth-order valence-electron chi connectivity index (χ4n) is 3.07. The van der Waals surface area contributed by atoms with Crippen LogP contribution in [0.3, 0.4) is 0 Å². The van der Waals surface area contributed by atoms with Crippen LogP contribution in [0.15, 0.2) is 36.7 Å². The molecule has 25 heavy (non-hydrogen) atoms. The molecule has 2 heterocycles. The SMILES string of the molecule is CN(C)CCOC1CCN(Cc2cnn(-c3ccc(F)cc3)c2)CC1. The van der Waals surface area contributed by atoms with E-state index >= 15 is 0 Å². The number of ether oxygens (including phenoxy) is 1. The van der Waals surface area contributed by atoms with Gasteiger partial charge in [-0.25, -0.2) is 9.07 Å². The number of halogens is 1. The molecule has 0 aliphatic carbocycles. The molecule has 1 aliphatic rings. The van der Waals surface area contributed by atoms with Gasteiger partial charge < -0.3 is 9.64 Å². The van der Waals surface area contributed by atoms with Gasteiger partial charge in [0.2, 0.25) is 0 Å². The van der Waals surface area contributed by atoms with Crippen molar-refractivity contribution in [1.82, 2.24) is 19.6 Å². The Balaban J connectivity index is 1.46. The van der Waals surface area contributed by atoms with Crippen LogP contribution in [0.25, 0.3) is 5.69 Å². The first kappa shape index (κ1) is 18.0. The number of likely N-dealkylation sites (tertiary alicyclic amines) is 1. The molecule has 2 aromatic rings. The number of hydrogen-bond donors (Lipinski definition) is 0. The summed E-state index contributed by atoms with van der Waals surface area (Å²) in [6, 6.07) is 6.39. The van der Waals surface area contributed by atoms with E-state index in [9.17, 15) is 4.39 Å². The molecule has 0 atom stereocenters. The van der Waals surface area contributed by atoms with Gasteiger partial charge in [-0.05, 0) is 51.2 Å². The summed E-state index contributed by atoms with van der Waals surface area (Å²) >= 11 is 0. The van der Waals surface area contributed by atoms with Crippen LogP contribution in [-0.2, 0) is 11.3 Å². The molecule has 0 spiro atoms. The van der Waals surface area contributed by atoms with Crippen molar-refractivity contribution in [1.29, 1.82) is 0 Å². The monoisotopic (exact) mass is 346 g/mol. The van der Waals surface area contributed by atoms with Gasteiger partial charge in [-0.3, -0.25) is 4.90 Å². The normalized spacial score (nSPS) is 16.6. The number of rotatable bonds is 7. The lowest BCUT2D eigenvalue weighted by atomic mass is 10.1. The molecule has 0 unspecified atom stereocenters. The third-order valence-corrected chi connectivity index (χ3v) is 4.56. The summed E-state index contributed by atoms with van der Waals surface area (Å²) in [7, 11) is 4.14. The van der Waals surface area contributed by atoms with Gasteiger partial charge in [0.1, 0.15) is 5.82 Å². The predicted molar refractivity (Wildman–Crippen MR) is 96.3 cm³/mol. The lowest BCUT2D eigenvalue weighted by Crippen LogP contribution is -2.37. The molecular formula is C19H27FN4O. The predicted octanol–water partition coefficient (Wildman–Crippen LogP) is 2.55. The molecule has 136 valence electrons. The van der Waals surface area contributed by atoms with Crippen molar-refractivity contribution in [2.24, 2.45) is 0 Å². The van der Waals surface area contributed by atoms with E-state index in [-0.39, 0.29) is 5.82 Å². The van der Waals surface area contributed by atoms with Crippen LogP contribution in [0.4, 0.5) is 4.39 Å². The Bertz CT molecular complexity index is 648. The van der Waals surface area contributed by atoms with Gasteiger partial charge in [-0.1, -0.05) is 0 Å². The fraction of sp³-hybridized carbons (Fsp3) is 0.526. The summed E-state index contributed by atoms with van der Waals surface area (Å²) in [5.74, 6) is -0.230. The minimum absolute atomic E-state index is 0.230. The molecular weight excluding hydrogens is 319 g/mol. The second-order valence-corrected chi connectivity index (χ2v) is 6.92. The minimum atomic E-state index is -0.230. The van der Waals surface area contributed by atoms with E-state index < -0.39 is 0 Å². The van der Waals surface area contributed by atoms with Crippen molar-refractivity contribution in [3.8, 4) is 5.69 Å². The van der Waals surface area contributed by atoms with Crippen LogP contribution in [0.2, 0.25) is 0 Å². The smallest absolute Gasteiger partial charge is 0.123 e. The third kappa shape index (κ3) is 5.36. The molecule has 0 saturated carbocycles. The summed E-state index contributed by atoms with van der Waals surface area (Å²) in [6.45, 7) is 4.78. The van der Waals surface area contributed by atoms with E-state index in [4.69, 9.17) is 4.74 Å². The first-order valence-corrected chi connectivity index (χ1v) is 8.88. The molecule has 1 aliphatic heterocycles. The highest BCUT2D eigenvalue weighted by Crippen LogP contribution is 2.17. The van der Waals surface area contributed by atoms with Crippen molar-refractivity contribution < 1.29 is 9.13 Å². The van der Waals surface area contributed by atoms with Crippen molar-refractivity contribution >= 4 is 0 Å². The number of hydrogen-bond acceptors (Lipinski definition) is 4. The average molecular weight is 346 g/mol. The Morgan fingerprint density at radius 2 is 1.92 bits per heavy atom. The zero-order valence-corrected chi connectivity index (χ0v) is 15.1. The standard InChI is InChI=1S/C19H27FN4O/c1-22(2)11-12-25-19-7-9-23(10-8-19)14-16-13-21-24(15-16)18-5-3-17(20)4-6-18/h3-6,13,15,19H,7-12,14H2,1-2H3. The van der Waals surface area contributed by atoms with E-state index in [0.717, 1.165) is 51.3 Å². The van der Waals surface area contributed by atoms with Gasteiger partial charge in [-0.15, -0.1) is 0 Å². The maximum atomic E-state index is 13.0. The van der Waals surface area contributed by atoms with Gasteiger partial charge in [-0.2, -0.15) is 5.10 Å². The van der Waals surface area contributed by atoms with E-state index in [2.05, 4.69) is 29.0 Å². The van der Waals surface area contributed by atoms with Gasteiger partial charge in [0.25, 0.3) is 0 Å². The van der Waals surface area contributed by atoms with Crippen LogP contribution in [0.5, 0.6) is 0 Å². The van der Waals surface area contributed by atoms with Gasteiger partial charge >= 0.3 is 0 Å². The van der Waals surface area contributed by atoms with E-state index in [0.29, 0.717) is 6.10 Å². The summed E-state index contributed by atoms with van der Waals surface area (Å²) in [5.41, 5.74) is 2.05. The number of aromatic nitrogens is 2. The molecule has 0 radical (unpaired) electrons. The number of benzene rings is 1. The first-order chi connectivity index (χ1) is 12.1. The van der Waals surface area contributed by atoms with Crippen molar-refractivity contribution in [2.75, 3.05) is 40.3 Å². The molecule has 0 amide bonds. The second-order valence-electron chi connectivity index (χ2n) is 6.92. The highest BCUT2D eigenvalue weighted by Gasteiger charge is 2.20. The maximum Gasteiger partial charge on any atom is 0.123 e. The fourth-order valence-corrected chi connectivity index (χ4v) is 3.07. The molecule has 0 bridgehead atoms. The van der Waals surface area contributed by atoms with Crippen LogP contribution in [0, 0.1) is 5.82 Å². The highest BCUT2D eigenvalue weighted by molar-refractivity contribution is 5.31. The van der Waals surface area contributed by atoms with E-state index in [1.165, 1.54) is 17.7 Å². The third-order valence-electron chi connectivity index (χ3n) is 4.56. The molecule has 1 aromatic carbocycles. The minimum Gasteiger partial charge on any atom is -0.377 e. The number of piperidine rings is 1. The Morgan fingerprint density at radius 3 is 2.60 bits per heavy atom. The van der Waals surface area contributed by atoms with Crippen LogP contribution < -0.4 is 0 Å². The van der Waals surface area contributed by atoms with Crippen molar-refractivity contribution in [2.45, 2.75) is 25.5 Å². The lowest BCUT2D eigenvalue weighted by Gasteiger charge is -2.31. The van der Waals surface area contributed by atoms with Gasteiger partial charge in [0.15, 0.2) is 0 Å². The van der Waals surface area contributed by atoms with Crippen LogP contribution in [0.1, 0.15) is 18.4 Å². The zero-order valence-electron chi connectivity index (χ0n) is 15.1. The summed E-state index contributed by atoms with van der Waals surface area (Å²) in [6.07, 6.45) is 6.47. The average Bonchev–Trinajstić information content (AvgIpc) is 3.05. The van der Waals surface area contributed by atoms with Gasteiger partial charge in [0, 0.05) is 37.9 Å². The highest BCUT2D eigenvalue weighted by atomic mass is 19.1. The Kier molecular flexibility index (Phi) is 6.18. The zero-order chi connectivity index (χ0) is 17.6. The van der Waals surface area contributed by atoms with Crippen molar-refractivity contribution in [3.05, 3.63) is 48.0 Å². The molecule has 1 fully saturated rings. The molecule has 1 aromatic heterocycles. The van der Waals surface area contributed by atoms with E-state index in [1.54, 1.807) is 16.8 Å². The Hall–Kier alpha value is -1.76. The molecule has 6 heteroatoms. The summed E-state index contributed by atoms with van der Waals surface area (Å²) in [4.78, 5) is 4.59. The lowest BCUT2D eigenvalue weighted by molar-refractivity contribution is 0.000779. The van der Waals surface area contributed by atoms with Crippen LogP contribution >= 0.6 is 0 Å². The topological polar surface area (TPSA) is 33.5 Å². The second kappa shape index (κ2) is 8.56. The largest absolute Gasteiger partial charge is 0.377 e. The number of likely N-dealkylation sites (N-methyl/N-ethyl adjacent to an activating group) is 1. The quantitative estimate of drug-likeness (QED) is 0.772. The Morgan fingerprint density at radius 1 is 1.20 bits per heavy atom. The molecule has 1 saturated heterocycles.